The van der Waals surface area contributed by atoms with E-state index >= 15 is 0 Å². The van der Waals surface area contributed by atoms with Gasteiger partial charge in [-0.2, -0.15) is 0 Å². The summed E-state index contributed by atoms with van der Waals surface area (Å²) < 4.78 is 0. The van der Waals surface area contributed by atoms with Gasteiger partial charge in [-0.15, -0.1) is 0 Å². The third-order valence-electron chi connectivity index (χ3n) is 6.13. The predicted octanol–water partition coefficient (Wildman–Crippen LogP) is 3.54. The third-order valence-corrected chi connectivity index (χ3v) is 6.13. The van der Waals surface area contributed by atoms with Crippen LogP contribution in [0.25, 0.3) is 0 Å². The highest BCUT2D eigenvalue weighted by molar-refractivity contribution is 5.84. The second-order valence-electron chi connectivity index (χ2n) is 7.73. The van der Waals surface area contributed by atoms with Crippen LogP contribution in [-0.2, 0) is 4.79 Å². The van der Waals surface area contributed by atoms with Crippen LogP contribution < -0.4 is 5.32 Å². The Morgan fingerprint density at radius 1 is 1.10 bits per heavy atom. The monoisotopic (exact) mass is 292 g/mol. The Labute approximate surface area is 129 Å². The first-order chi connectivity index (χ1) is 10.2. The largest absolute Gasteiger partial charge is 0.325 e. The lowest BCUT2D eigenvalue weighted by Crippen LogP contribution is -2.45. The van der Waals surface area contributed by atoms with Gasteiger partial charge in [-0.25, -0.2) is 0 Å². The SMILES string of the molecule is CCC1NC(C2CCCC2)N(CC2CCC(C)CC2)C1=O. The molecular formula is C18H32N2O. The standard InChI is InChI=1S/C18H32N2O/c1-3-16-18(21)20(12-14-10-8-13(2)9-11-14)17(19-16)15-6-4-5-7-15/h13-17,19H,3-12H2,1-2H3. The van der Waals surface area contributed by atoms with E-state index in [1.165, 1.54) is 51.4 Å². The zero-order valence-corrected chi connectivity index (χ0v) is 13.8. The molecule has 3 heteroatoms. The molecule has 3 aliphatic rings. The minimum absolute atomic E-state index is 0.0816. The molecule has 2 aliphatic carbocycles. The zero-order chi connectivity index (χ0) is 14.8. The van der Waals surface area contributed by atoms with E-state index in [-0.39, 0.29) is 6.04 Å². The lowest BCUT2D eigenvalue weighted by atomic mass is 9.82. The molecule has 2 atom stereocenters. The van der Waals surface area contributed by atoms with Crippen molar-refractivity contribution in [2.24, 2.45) is 17.8 Å². The number of nitrogens with one attached hydrogen (secondary N) is 1. The molecular weight excluding hydrogens is 260 g/mol. The fourth-order valence-electron chi connectivity index (χ4n) is 4.65. The first-order valence-corrected chi connectivity index (χ1v) is 9.25. The number of hydrogen-bond donors (Lipinski definition) is 1. The van der Waals surface area contributed by atoms with Crippen molar-refractivity contribution in [2.75, 3.05) is 6.54 Å². The van der Waals surface area contributed by atoms with Gasteiger partial charge in [0.25, 0.3) is 0 Å². The van der Waals surface area contributed by atoms with Crippen molar-refractivity contribution in [1.82, 2.24) is 10.2 Å². The molecule has 2 saturated carbocycles. The Bertz CT molecular complexity index is 356. The van der Waals surface area contributed by atoms with E-state index < -0.39 is 0 Å². The summed E-state index contributed by atoms with van der Waals surface area (Å²) in [5.41, 5.74) is 0. The van der Waals surface area contributed by atoms with Crippen LogP contribution in [0.2, 0.25) is 0 Å². The third kappa shape index (κ3) is 3.28. The van der Waals surface area contributed by atoms with E-state index in [1.54, 1.807) is 0 Å². The molecule has 0 spiro atoms. The number of carbonyl (C=O) groups is 1. The first-order valence-electron chi connectivity index (χ1n) is 9.25. The minimum atomic E-state index is 0.0816. The molecule has 1 saturated heterocycles. The van der Waals surface area contributed by atoms with Crippen LogP contribution >= 0.6 is 0 Å². The van der Waals surface area contributed by atoms with Gasteiger partial charge in [0, 0.05) is 6.54 Å². The quantitative estimate of drug-likeness (QED) is 0.859. The predicted molar refractivity (Wildman–Crippen MR) is 85.8 cm³/mol. The van der Waals surface area contributed by atoms with Gasteiger partial charge in [-0.05, 0) is 49.9 Å². The maximum absolute atomic E-state index is 12.7. The summed E-state index contributed by atoms with van der Waals surface area (Å²) in [7, 11) is 0. The fourth-order valence-corrected chi connectivity index (χ4v) is 4.65. The van der Waals surface area contributed by atoms with Crippen molar-refractivity contribution in [3.8, 4) is 0 Å². The van der Waals surface area contributed by atoms with Gasteiger partial charge in [-0.1, -0.05) is 39.5 Å². The smallest absolute Gasteiger partial charge is 0.241 e. The van der Waals surface area contributed by atoms with E-state index in [0.29, 0.717) is 18.0 Å². The van der Waals surface area contributed by atoms with Gasteiger partial charge >= 0.3 is 0 Å². The summed E-state index contributed by atoms with van der Waals surface area (Å²) in [6.45, 7) is 5.51. The average molecular weight is 292 g/mol. The Kier molecular flexibility index (Phi) is 4.88. The Balaban J connectivity index is 1.65. The molecule has 1 heterocycles. The number of rotatable bonds is 4. The molecule has 1 N–H and O–H groups in total. The van der Waals surface area contributed by atoms with Crippen LogP contribution in [0.3, 0.4) is 0 Å². The molecule has 0 bridgehead atoms. The van der Waals surface area contributed by atoms with Gasteiger partial charge < -0.3 is 4.90 Å². The molecule has 3 rings (SSSR count). The molecule has 3 fully saturated rings. The van der Waals surface area contributed by atoms with Gasteiger partial charge in [-0.3, -0.25) is 10.1 Å². The van der Waals surface area contributed by atoms with Crippen molar-refractivity contribution in [1.29, 1.82) is 0 Å². The van der Waals surface area contributed by atoms with E-state index in [9.17, 15) is 4.79 Å². The fraction of sp³-hybridized carbons (Fsp3) is 0.944. The average Bonchev–Trinajstić information content (AvgIpc) is 3.11. The van der Waals surface area contributed by atoms with Crippen LogP contribution in [0.4, 0.5) is 0 Å². The van der Waals surface area contributed by atoms with Crippen molar-refractivity contribution < 1.29 is 4.79 Å². The van der Waals surface area contributed by atoms with Gasteiger partial charge in [0.1, 0.15) is 0 Å². The molecule has 120 valence electrons. The molecule has 3 nitrogen and oxygen atoms in total. The van der Waals surface area contributed by atoms with Crippen LogP contribution in [0, 0.1) is 17.8 Å². The molecule has 0 aromatic heterocycles. The van der Waals surface area contributed by atoms with Crippen LogP contribution in [-0.4, -0.2) is 29.6 Å². The molecule has 0 aromatic carbocycles. The summed E-state index contributed by atoms with van der Waals surface area (Å²) in [6.07, 6.45) is 11.9. The molecule has 0 radical (unpaired) electrons. The highest BCUT2D eigenvalue weighted by atomic mass is 16.2. The van der Waals surface area contributed by atoms with Crippen molar-refractivity contribution in [3.63, 3.8) is 0 Å². The molecule has 2 unspecified atom stereocenters. The normalized spacial score (nSPS) is 38.4. The lowest BCUT2D eigenvalue weighted by Gasteiger charge is -2.34. The maximum Gasteiger partial charge on any atom is 0.241 e. The molecule has 1 amide bonds. The first kappa shape index (κ1) is 15.3. The lowest BCUT2D eigenvalue weighted by molar-refractivity contribution is -0.131. The van der Waals surface area contributed by atoms with Crippen molar-refractivity contribution in [2.45, 2.75) is 83.8 Å². The number of nitrogens with zero attached hydrogens (tertiary/aromatic N) is 1. The number of carbonyl (C=O) groups excluding carboxylic acids is 1. The van der Waals surface area contributed by atoms with Gasteiger partial charge in [0.2, 0.25) is 5.91 Å². The second-order valence-corrected chi connectivity index (χ2v) is 7.73. The van der Waals surface area contributed by atoms with E-state index in [4.69, 9.17) is 0 Å². The summed E-state index contributed by atoms with van der Waals surface area (Å²) in [4.78, 5) is 14.9. The highest BCUT2D eigenvalue weighted by Gasteiger charge is 2.43. The van der Waals surface area contributed by atoms with Gasteiger partial charge in [0.05, 0.1) is 12.2 Å². The number of amides is 1. The van der Waals surface area contributed by atoms with Crippen LogP contribution in [0.1, 0.15) is 71.6 Å². The maximum atomic E-state index is 12.7. The number of hydrogen-bond acceptors (Lipinski definition) is 2. The zero-order valence-electron chi connectivity index (χ0n) is 13.8. The molecule has 21 heavy (non-hydrogen) atoms. The summed E-state index contributed by atoms with van der Waals surface area (Å²) in [5, 5.41) is 3.66. The molecule has 1 aliphatic heterocycles. The highest BCUT2D eigenvalue weighted by Crippen LogP contribution is 2.35. The van der Waals surface area contributed by atoms with Crippen molar-refractivity contribution in [3.05, 3.63) is 0 Å². The Morgan fingerprint density at radius 2 is 1.76 bits per heavy atom. The Hall–Kier alpha value is -0.570. The topological polar surface area (TPSA) is 32.3 Å². The van der Waals surface area contributed by atoms with Crippen LogP contribution in [0.5, 0.6) is 0 Å². The Morgan fingerprint density at radius 3 is 2.38 bits per heavy atom. The van der Waals surface area contributed by atoms with Crippen LogP contribution in [0.15, 0.2) is 0 Å². The van der Waals surface area contributed by atoms with Crippen molar-refractivity contribution >= 4 is 5.91 Å². The summed E-state index contributed by atoms with van der Waals surface area (Å²) >= 11 is 0. The molecule has 0 aromatic rings. The second kappa shape index (κ2) is 6.68. The summed E-state index contributed by atoms with van der Waals surface area (Å²) in [5.74, 6) is 2.72. The van der Waals surface area contributed by atoms with E-state index in [1.807, 2.05) is 0 Å². The summed E-state index contributed by atoms with van der Waals surface area (Å²) in [6, 6.07) is 0.0816. The van der Waals surface area contributed by atoms with E-state index in [0.717, 1.165) is 24.8 Å². The van der Waals surface area contributed by atoms with E-state index in [2.05, 4.69) is 24.1 Å². The minimum Gasteiger partial charge on any atom is -0.325 e. The van der Waals surface area contributed by atoms with Gasteiger partial charge in [0.15, 0.2) is 0 Å².